The number of hydrogen-bond donors (Lipinski definition) is 2. The molecule has 0 radical (unpaired) electrons. The predicted octanol–water partition coefficient (Wildman–Crippen LogP) is 2.45. The minimum atomic E-state index is -0.497. The third kappa shape index (κ3) is 3.16. The van der Waals surface area contributed by atoms with Crippen LogP contribution in [0.4, 0.5) is 5.69 Å². The van der Waals surface area contributed by atoms with Gasteiger partial charge in [0.1, 0.15) is 0 Å². The zero-order chi connectivity index (χ0) is 13.9. The highest BCUT2D eigenvalue weighted by Crippen LogP contribution is 2.32. The number of aryl methyl sites for hydroxylation is 1. The van der Waals surface area contributed by atoms with Crippen LogP contribution in [-0.4, -0.2) is 25.7 Å². The van der Waals surface area contributed by atoms with E-state index in [2.05, 4.69) is 21.2 Å². The van der Waals surface area contributed by atoms with Gasteiger partial charge in [-0.15, -0.1) is 0 Å². The molecule has 0 bridgehead atoms. The molecule has 0 aliphatic carbocycles. The van der Waals surface area contributed by atoms with Gasteiger partial charge in [0.05, 0.1) is 11.1 Å². The molecule has 1 fully saturated rings. The number of carbonyl (C=O) groups excluding carboxylic acids is 1. The molecular formula is C14H19BrN2O2. The Morgan fingerprint density at radius 3 is 2.74 bits per heavy atom. The first-order chi connectivity index (χ1) is 9.07. The Balaban J connectivity index is 2.15. The molecule has 3 N–H and O–H groups in total. The number of carbonyl (C=O) groups is 1. The van der Waals surface area contributed by atoms with E-state index in [0.717, 1.165) is 15.7 Å². The van der Waals surface area contributed by atoms with Crippen molar-refractivity contribution in [3.05, 3.63) is 28.2 Å². The summed E-state index contributed by atoms with van der Waals surface area (Å²) < 4.78 is 6.21. The lowest BCUT2D eigenvalue weighted by molar-refractivity contribution is -0.130. The molecule has 1 aliphatic heterocycles. The quantitative estimate of drug-likeness (QED) is 0.896. The molecule has 0 saturated carbocycles. The summed E-state index contributed by atoms with van der Waals surface area (Å²) in [5.74, 6) is -0.0112. The Bertz CT molecular complexity index is 471. The molecule has 0 spiro atoms. The Morgan fingerprint density at radius 1 is 1.47 bits per heavy atom. The summed E-state index contributed by atoms with van der Waals surface area (Å²) in [5.41, 5.74) is 7.26. The van der Waals surface area contributed by atoms with Gasteiger partial charge in [-0.2, -0.15) is 0 Å². The van der Waals surface area contributed by atoms with Crippen LogP contribution < -0.4 is 11.1 Å². The lowest BCUT2D eigenvalue weighted by Gasteiger charge is -2.34. The van der Waals surface area contributed by atoms with Gasteiger partial charge in [0.2, 0.25) is 5.91 Å². The maximum Gasteiger partial charge on any atom is 0.232 e. The molecule has 4 nitrogen and oxygen atoms in total. The molecule has 2 rings (SSSR count). The minimum Gasteiger partial charge on any atom is -0.381 e. The topological polar surface area (TPSA) is 64.4 Å². The number of anilines is 1. The van der Waals surface area contributed by atoms with Gasteiger partial charge >= 0.3 is 0 Å². The van der Waals surface area contributed by atoms with E-state index in [1.165, 1.54) is 0 Å². The van der Waals surface area contributed by atoms with Crippen LogP contribution >= 0.6 is 15.9 Å². The van der Waals surface area contributed by atoms with Crippen LogP contribution in [0.1, 0.15) is 18.4 Å². The van der Waals surface area contributed by atoms with Gasteiger partial charge < -0.3 is 15.8 Å². The second kappa shape index (κ2) is 6.03. The third-order valence-electron chi connectivity index (χ3n) is 3.70. The molecule has 0 atom stereocenters. The third-order valence-corrected chi connectivity index (χ3v) is 4.35. The van der Waals surface area contributed by atoms with Crippen molar-refractivity contribution >= 4 is 27.5 Å². The van der Waals surface area contributed by atoms with Crippen molar-refractivity contribution in [1.82, 2.24) is 0 Å². The Morgan fingerprint density at radius 2 is 2.16 bits per heavy atom. The average molecular weight is 327 g/mol. The summed E-state index contributed by atoms with van der Waals surface area (Å²) >= 11 is 3.47. The zero-order valence-corrected chi connectivity index (χ0v) is 12.6. The number of nitrogens with one attached hydrogen (secondary N) is 1. The molecule has 0 aromatic heterocycles. The van der Waals surface area contributed by atoms with E-state index >= 15 is 0 Å². The fourth-order valence-corrected chi connectivity index (χ4v) is 2.85. The highest BCUT2D eigenvalue weighted by Gasteiger charge is 2.38. The summed E-state index contributed by atoms with van der Waals surface area (Å²) in [7, 11) is 0. The van der Waals surface area contributed by atoms with Crippen LogP contribution in [0.2, 0.25) is 0 Å². The fraction of sp³-hybridized carbons (Fsp3) is 0.500. The molecule has 1 saturated heterocycles. The van der Waals surface area contributed by atoms with E-state index in [1.54, 1.807) is 0 Å². The van der Waals surface area contributed by atoms with Crippen molar-refractivity contribution in [2.75, 3.05) is 25.1 Å². The van der Waals surface area contributed by atoms with Crippen LogP contribution in [0.5, 0.6) is 0 Å². The lowest BCUT2D eigenvalue weighted by Crippen LogP contribution is -2.46. The molecule has 5 heteroatoms. The van der Waals surface area contributed by atoms with Gasteiger partial charge in [0.25, 0.3) is 0 Å². The van der Waals surface area contributed by atoms with Gasteiger partial charge in [-0.05, 0) is 53.4 Å². The van der Waals surface area contributed by atoms with Crippen LogP contribution in [0.15, 0.2) is 22.7 Å². The van der Waals surface area contributed by atoms with E-state index in [4.69, 9.17) is 10.5 Å². The number of amides is 1. The summed E-state index contributed by atoms with van der Waals surface area (Å²) in [5, 5.41) is 2.98. The molecule has 0 unspecified atom stereocenters. The number of hydrogen-bond acceptors (Lipinski definition) is 3. The van der Waals surface area contributed by atoms with Crippen LogP contribution in [-0.2, 0) is 9.53 Å². The maximum atomic E-state index is 12.5. The SMILES string of the molecule is Cc1ccc(NC(=O)C2(CN)CCOCC2)c(Br)c1. The molecule has 104 valence electrons. The first kappa shape index (κ1) is 14.5. The number of rotatable bonds is 3. The monoisotopic (exact) mass is 326 g/mol. The van der Waals surface area contributed by atoms with E-state index in [-0.39, 0.29) is 5.91 Å². The van der Waals surface area contributed by atoms with Crippen molar-refractivity contribution in [2.45, 2.75) is 19.8 Å². The summed E-state index contributed by atoms with van der Waals surface area (Å²) in [6.45, 7) is 3.56. The number of nitrogens with two attached hydrogens (primary N) is 1. The second-order valence-corrected chi connectivity index (χ2v) is 5.89. The van der Waals surface area contributed by atoms with Crippen LogP contribution in [0, 0.1) is 12.3 Å². The summed E-state index contributed by atoms with van der Waals surface area (Å²) in [6, 6.07) is 5.86. The van der Waals surface area contributed by atoms with E-state index in [1.807, 2.05) is 25.1 Å². The van der Waals surface area contributed by atoms with Crippen molar-refractivity contribution < 1.29 is 9.53 Å². The Hall–Kier alpha value is -0.910. The van der Waals surface area contributed by atoms with Gasteiger partial charge in [-0.25, -0.2) is 0 Å². The second-order valence-electron chi connectivity index (χ2n) is 5.03. The van der Waals surface area contributed by atoms with Gasteiger partial charge in [0.15, 0.2) is 0 Å². The number of ether oxygens (including phenoxy) is 1. The highest BCUT2D eigenvalue weighted by atomic mass is 79.9. The summed E-state index contributed by atoms with van der Waals surface area (Å²) in [6.07, 6.45) is 1.36. The largest absolute Gasteiger partial charge is 0.381 e. The molecule has 1 aromatic carbocycles. The normalized spacial score (nSPS) is 18.1. The van der Waals surface area contributed by atoms with Gasteiger partial charge in [-0.1, -0.05) is 6.07 Å². The smallest absolute Gasteiger partial charge is 0.232 e. The van der Waals surface area contributed by atoms with Crippen molar-refractivity contribution in [1.29, 1.82) is 0 Å². The molecule has 1 aromatic rings. The number of halogens is 1. The first-order valence-electron chi connectivity index (χ1n) is 6.43. The molecule has 1 amide bonds. The zero-order valence-electron chi connectivity index (χ0n) is 11.0. The standard InChI is InChI=1S/C14H19BrN2O2/c1-10-2-3-12(11(15)8-10)17-13(18)14(9-16)4-6-19-7-5-14/h2-3,8H,4-7,9,16H2,1H3,(H,17,18). The molecule has 19 heavy (non-hydrogen) atoms. The van der Waals surface area contributed by atoms with Crippen molar-refractivity contribution in [2.24, 2.45) is 11.1 Å². The number of benzene rings is 1. The first-order valence-corrected chi connectivity index (χ1v) is 7.22. The van der Waals surface area contributed by atoms with Gasteiger partial charge in [-0.3, -0.25) is 4.79 Å². The van der Waals surface area contributed by atoms with E-state index in [0.29, 0.717) is 32.6 Å². The highest BCUT2D eigenvalue weighted by molar-refractivity contribution is 9.10. The van der Waals surface area contributed by atoms with E-state index in [9.17, 15) is 4.79 Å². The summed E-state index contributed by atoms with van der Waals surface area (Å²) in [4.78, 5) is 12.5. The maximum absolute atomic E-state index is 12.5. The van der Waals surface area contributed by atoms with E-state index < -0.39 is 5.41 Å². The average Bonchev–Trinajstić information content (AvgIpc) is 2.42. The molecular weight excluding hydrogens is 308 g/mol. The molecule has 1 aliphatic rings. The minimum absolute atomic E-state index is 0.0112. The van der Waals surface area contributed by atoms with Crippen LogP contribution in [0.25, 0.3) is 0 Å². The lowest BCUT2D eigenvalue weighted by atomic mass is 9.79. The molecule has 1 heterocycles. The Kier molecular flexibility index (Phi) is 4.60. The Labute approximate surface area is 121 Å². The fourth-order valence-electron chi connectivity index (χ4n) is 2.26. The van der Waals surface area contributed by atoms with Crippen LogP contribution in [0.3, 0.4) is 0 Å². The van der Waals surface area contributed by atoms with Gasteiger partial charge in [0, 0.05) is 24.2 Å². The predicted molar refractivity (Wildman–Crippen MR) is 79.0 cm³/mol. The van der Waals surface area contributed by atoms with Crippen molar-refractivity contribution in [3.8, 4) is 0 Å². The van der Waals surface area contributed by atoms with Crippen molar-refractivity contribution in [3.63, 3.8) is 0 Å².